The van der Waals surface area contributed by atoms with Crippen LogP contribution in [0.4, 0.5) is 0 Å². The number of carbonyl (C=O) groups is 1. The molecule has 6 nitrogen and oxygen atoms in total. The highest BCUT2D eigenvalue weighted by molar-refractivity contribution is 5.95. The number of aryl methyl sites for hydroxylation is 1. The van der Waals surface area contributed by atoms with E-state index in [9.17, 15) is 4.79 Å². The molecule has 25 heavy (non-hydrogen) atoms. The summed E-state index contributed by atoms with van der Waals surface area (Å²) in [5.74, 6) is 0.617. The fourth-order valence-electron chi connectivity index (χ4n) is 3.05. The van der Waals surface area contributed by atoms with E-state index in [1.165, 1.54) is 0 Å². The van der Waals surface area contributed by atoms with E-state index in [1.807, 2.05) is 38.1 Å². The Morgan fingerprint density at radius 1 is 1.32 bits per heavy atom. The average molecular weight is 338 g/mol. The van der Waals surface area contributed by atoms with Gasteiger partial charge in [0.2, 0.25) is 0 Å². The monoisotopic (exact) mass is 338 g/mol. The van der Waals surface area contributed by atoms with Gasteiger partial charge < -0.3 is 14.0 Å². The first-order chi connectivity index (χ1) is 12.0. The van der Waals surface area contributed by atoms with Crippen molar-refractivity contribution in [3.05, 3.63) is 59.4 Å². The Kier molecular flexibility index (Phi) is 4.70. The molecule has 3 aromatic heterocycles. The Morgan fingerprint density at radius 2 is 2.12 bits per heavy atom. The third kappa shape index (κ3) is 3.33. The van der Waals surface area contributed by atoms with Gasteiger partial charge in [0.25, 0.3) is 5.91 Å². The molecule has 0 N–H and O–H groups in total. The van der Waals surface area contributed by atoms with Gasteiger partial charge in [0, 0.05) is 49.0 Å². The Morgan fingerprint density at radius 3 is 2.76 bits per heavy atom. The molecule has 0 atom stereocenters. The van der Waals surface area contributed by atoms with E-state index in [-0.39, 0.29) is 5.91 Å². The van der Waals surface area contributed by atoms with E-state index in [2.05, 4.69) is 21.6 Å². The van der Waals surface area contributed by atoms with Gasteiger partial charge in [-0.15, -0.1) is 0 Å². The highest BCUT2D eigenvalue weighted by atomic mass is 16.5. The lowest BCUT2D eigenvalue weighted by Crippen LogP contribution is -2.26. The first-order valence-electron chi connectivity index (χ1n) is 8.29. The Labute approximate surface area is 147 Å². The van der Waals surface area contributed by atoms with Gasteiger partial charge in [-0.05, 0) is 39.0 Å². The molecule has 130 valence electrons. The molecule has 0 aromatic carbocycles. The lowest BCUT2D eigenvalue weighted by molar-refractivity contribution is 0.0771. The van der Waals surface area contributed by atoms with Gasteiger partial charge in [0.15, 0.2) is 5.76 Å². The lowest BCUT2D eigenvalue weighted by Gasteiger charge is -2.15. The molecule has 0 aliphatic rings. The second-order valence-electron chi connectivity index (χ2n) is 6.11. The van der Waals surface area contributed by atoms with Crippen molar-refractivity contribution in [1.29, 1.82) is 0 Å². The average Bonchev–Trinajstić information content (AvgIpc) is 3.19. The van der Waals surface area contributed by atoms with Gasteiger partial charge in [-0.3, -0.25) is 9.78 Å². The number of aromatic nitrogens is 3. The van der Waals surface area contributed by atoms with Crippen LogP contribution in [-0.4, -0.2) is 32.6 Å². The summed E-state index contributed by atoms with van der Waals surface area (Å²) in [4.78, 5) is 18.5. The van der Waals surface area contributed by atoms with Crippen molar-refractivity contribution in [2.75, 3.05) is 7.05 Å². The van der Waals surface area contributed by atoms with Crippen LogP contribution in [0.25, 0.3) is 11.3 Å². The molecule has 0 aliphatic carbocycles. The van der Waals surface area contributed by atoms with Crippen LogP contribution < -0.4 is 0 Å². The molecule has 3 aromatic rings. The molecule has 0 unspecified atom stereocenters. The van der Waals surface area contributed by atoms with Gasteiger partial charge in [-0.2, -0.15) is 0 Å². The summed E-state index contributed by atoms with van der Waals surface area (Å²) in [6.45, 7) is 7.29. The molecule has 0 saturated heterocycles. The Bertz CT molecular complexity index is 880. The van der Waals surface area contributed by atoms with Crippen molar-refractivity contribution in [2.45, 2.75) is 33.9 Å². The number of rotatable bonds is 5. The predicted octanol–water partition coefficient (Wildman–Crippen LogP) is 3.45. The van der Waals surface area contributed by atoms with E-state index < -0.39 is 0 Å². The standard InChI is InChI=1S/C19H22N4O2/c1-5-23-13(2)9-17(14(23)3)19(24)22(4)12-16-10-18(21-25-16)15-7-6-8-20-11-15/h6-11H,5,12H2,1-4H3. The SMILES string of the molecule is CCn1c(C)cc(C(=O)N(C)Cc2cc(-c3cccnc3)no2)c1C. The Hall–Kier alpha value is -2.89. The quantitative estimate of drug-likeness (QED) is 0.715. The van der Waals surface area contributed by atoms with Crippen LogP contribution in [0.1, 0.15) is 34.4 Å². The number of hydrogen-bond donors (Lipinski definition) is 0. The molecule has 0 fully saturated rings. The fourth-order valence-corrected chi connectivity index (χ4v) is 3.05. The molecule has 3 rings (SSSR count). The summed E-state index contributed by atoms with van der Waals surface area (Å²) in [6.07, 6.45) is 3.44. The van der Waals surface area contributed by atoms with Gasteiger partial charge in [0.05, 0.1) is 12.1 Å². The van der Waals surface area contributed by atoms with Crippen LogP contribution in [0.3, 0.4) is 0 Å². The molecular weight excluding hydrogens is 316 g/mol. The number of pyridine rings is 1. The number of nitrogens with zero attached hydrogens (tertiary/aromatic N) is 4. The van der Waals surface area contributed by atoms with Gasteiger partial charge in [-0.25, -0.2) is 0 Å². The minimum atomic E-state index is -0.0212. The molecule has 6 heteroatoms. The first-order valence-corrected chi connectivity index (χ1v) is 8.29. The van der Waals surface area contributed by atoms with Crippen molar-refractivity contribution in [1.82, 2.24) is 19.6 Å². The maximum Gasteiger partial charge on any atom is 0.255 e. The molecular formula is C19H22N4O2. The lowest BCUT2D eigenvalue weighted by atomic mass is 10.2. The number of amides is 1. The van der Waals surface area contributed by atoms with Crippen LogP contribution in [0, 0.1) is 13.8 Å². The Balaban J connectivity index is 1.75. The summed E-state index contributed by atoms with van der Waals surface area (Å²) in [6, 6.07) is 7.56. The topological polar surface area (TPSA) is 64.2 Å². The number of hydrogen-bond acceptors (Lipinski definition) is 4. The zero-order valence-corrected chi connectivity index (χ0v) is 15.0. The van der Waals surface area contributed by atoms with Crippen molar-refractivity contribution in [2.24, 2.45) is 0 Å². The second kappa shape index (κ2) is 6.93. The van der Waals surface area contributed by atoms with Gasteiger partial charge in [-0.1, -0.05) is 5.16 Å². The molecule has 0 radical (unpaired) electrons. The maximum absolute atomic E-state index is 12.8. The summed E-state index contributed by atoms with van der Waals surface area (Å²) < 4.78 is 7.51. The third-order valence-corrected chi connectivity index (χ3v) is 4.38. The van der Waals surface area contributed by atoms with E-state index >= 15 is 0 Å². The fraction of sp³-hybridized carbons (Fsp3) is 0.316. The van der Waals surface area contributed by atoms with Crippen LogP contribution >= 0.6 is 0 Å². The third-order valence-electron chi connectivity index (χ3n) is 4.38. The highest BCUT2D eigenvalue weighted by Gasteiger charge is 2.20. The molecule has 0 saturated carbocycles. The maximum atomic E-state index is 12.8. The normalized spacial score (nSPS) is 10.9. The minimum absolute atomic E-state index is 0.0212. The smallest absolute Gasteiger partial charge is 0.255 e. The largest absolute Gasteiger partial charge is 0.359 e. The molecule has 3 heterocycles. The number of carbonyl (C=O) groups excluding carboxylic acids is 1. The summed E-state index contributed by atoms with van der Waals surface area (Å²) >= 11 is 0. The van der Waals surface area contributed by atoms with E-state index in [4.69, 9.17) is 4.52 Å². The summed E-state index contributed by atoms with van der Waals surface area (Å²) in [5.41, 5.74) is 4.42. The summed E-state index contributed by atoms with van der Waals surface area (Å²) in [7, 11) is 1.77. The van der Waals surface area contributed by atoms with Crippen molar-refractivity contribution in [3.63, 3.8) is 0 Å². The van der Waals surface area contributed by atoms with Gasteiger partial charge >= 0.3 is 0 Å². The minimum Gasteiger partial charge on any atom is -0.359 e. The second-order valence-corrected chi connectivity index (χ2v) is 6.11. The van der Waals surface area contributed by atoms with Crippen LogP contribution in [0.5, 0.6) is 0 Å². The van der Waals surface area contributed by atoms with Crippen molar-refractivity contribution < 1.29 is 9.32 Å². The first kappa shape index (κ1) is 17.0. The van der Waals surface area contributed by atoms with E-state index in [0.717, 1.165) is 29.1 Å². The van der Waals surface area contributed by atoms with Crippen molar-refractivity contribution in [3.8, 4) is 11.3 Å². The molecule has 0 aliphatic heterocycles. The molecule has 0 spiro atoms. The van der Waals surface area contributed by atoms with Crippen LogP contribution in [0.2, 0.25) is 0 Å². The van der Waals surface area contributed by atoms with E-state index in [1.54, 1.807) is 24.3 Å². The highest BCUT2D eigenvalue weighted by Crippen LogP contribution is 2.20. The zero-order valence-electron chi connectivity index (χ0n) is 15.0. The zero-order chi connectivity index (χ0) is 18.0. The molecule has 0 bridgehead atoms. The van der Waals surface area contributed by atoms with E-state index in [0.29, 0.717) is 18.0 Å². The van der Waals surface area contributed by atoms with Crippen LogP contribution in [-0.2, 0) is 13.1 Å². The van der Waals surface area contributed by atoms with Crippen molar-refractivity contribution >= 4 is 5.91 Å². The van der Waals surface area contributed by atoms with Crippen LogP contribution in [0.15, 0.2) is 41.2 Å². The van der Waals surface area contributed by atoms with Gasteiger partial charge in [0.1, 0.15) is 5.69 Å². The predicted molar refractivity (Wildman–Crippen MR) is 95.1 cm³/mol. The summed E-state index contributed by atoms with van der Waals surface area (Å²) in [5, 5.41) is 4.06. The molecule has 1 amide bonds.